The second kappa shape index (κ2) is 20.4. The van der Waals surface area contributed by atoms with E-state index in [0.29, 0.717) is 48.5 Å². The zero-order chi connectivity index (χ0) is 47.8. The summed E-state index contributed by atoms with van der Waals surface area (Å²) in [5, 5.41) is 7.94. The summed E-state index contributed by atoms with van der Waals surface area (Å²) in [5.74, 6) is -0.868. The first-order valence-electron chi connectivity index (χ1n) is 20.9. The van der Waals surface area contributed by atoms with Gasteiger partial charge in [-0.3, -0.25) is 15.4 Å². The number of carbonyl (C=O) groups is 5. The van der Waals surface area contributed by atoms with Crippen molar-refractivity contribution in [2.75, 3.05) is 38.6 Å². The van der Waals surface area contributed by atoms with Gasteiger partial charge in [0.05, 0.1) is 12.8 Å². The Kier molecular flexibility index (Phi) is 16.0. The Labute approximate surface area is 374 Å². The number of alkyl carbamates (subject to hydrolysis) is 2. The number of hydrogen-bond acceptors (Lipinski definition) is 10. The zero-order valence-corrected chi connectivity index (χ0v) is 39.1. The molecule has 2 aliphatic rings. The number of rotatable bonds is 5. The zero-order valence-electron chi connectivity index (χ0n) is 39.1. The molecule has 0 aliphatic carbocycles. The van der Waals surface area contributed by atoms with Crippen LogP contribution >= 0.6 is 0 Å². The third-order valence-corrected chi connectivity index (χ3v) is 8.82. The van der Waals surface area contributed by atoms with E-state index in [1.807, 2.05) is 12.1 Å². The largest absolute Gasteiger partial charge is 0.495 e. The molecule has 64 heavy (non-hydrogen) atoms. The number of aliphatic imine (C=N–C) groups is 2. The van der Waals surface area contributed by atoms with Crippen molar-refractivity contribution in [2.24, 2.45) is 9.98 Å². The molecule has 0 fully saturated rings. The topological polar surface area (TPSA) is 199 Å². The maximum Gasteiger partial charge on any atom is 0.437 e. The lowest BCUT2D eigenvalue weighted by Crippen LogP contribution is -2.48. The summed E-state index contributed by atoms with van der Waals surface area (Å²) < 4.78 is 42.8. The van der Waals surface area contributed by atoms with Crippen molar-refractivity contribution in [1.82, 2.24) is 20.4 Å². The van der Waals surface area contributed by atoms with E-state index in [2.05, 4.69) is 25.9 Å². The summed E-state index contributed by atoms with van der Waals surface area (Å²) in [7, 11) is 1.47. The predicted octanol–water partition coefficient (Wildman–Crippen LogP) is 8.90. The Bertz CT molecular complexity index is 2220. The van der Waals surface area contributed by atoms with E-state index in [4.69, 9.17) is 23.7 Å². The minimum absolute atomic E-state index is 0.00795. The predicted molar refractivity (Wildman–Crippen MR) is 242 cm³/mol. The number of halogens is 1. The molecule has 17 nitrogen and oxygen atoms in total. The molecule has 2 aromatic carbocycles. The molecule has 2 aromatic rings. The van der Waals surface area contributed by atoms with Crippen molar-refractivity contribution in [3.8, 4) is 5.75 Å². The van der Waals surface area contributed by atoms with Crippen LogP contribution in [0.2, 0.25) is 0 Å². The fraction of sp³-hybridized carbons (Fsp3) is 0.500. The Morgan fingerprint density at radius 1 is 0.625 bits per heavy atom. The van der Waals surface area contributed by atoms with Crippen LogP contribution in [0.3, 0.4) is 0 Å². The number of hydrogen-bond donors (Lipinski definition) is 3. The van der Waals surface area contributed by atoms with Crippen LogP contribution in [0.4, 0.5) is 29.3 Å². The third kappa shape index (κ3) is 16.0. The van der Waals surface area contributed by atoms with Gasteiger partial charge < -0.3 is 38.8 Å². The van der Waals surface area contributed by atoms with Gasteiger partial charge in [-0.05, 0) is 137 Å². The van der Waals surface area contributed by atoms with Crippen molar-refractivity contribution < 1.29 is 52.0 Å². The second-order valence-electron chi connectivity index (χ2n) is 19.0. The van der Waals surface area contributed by atoms with Crippen LogP contribution in [0, 0.1) is 5.82 Å². The van der Waals surface area contributed by atoms with E-state index in [9.17, 15) is 24.0 Å². The summed E-state index contributed by atoms with van der Waals surface area (Å²) in [6.07, 6.45) is 1.18. The average Bonchev–Trinajstić information content (AvgIpc) is 3.14. The van der Waals surface area contributed by atoms with E-state index in [1.165, 1.54) is 19.2 Å². The highest BCUT2D eigenvalue weighted by Crippen LogP contribution is 2.32. The van der Waals surface area contributed by atoms with E-state index in [-0.39, 0.29) is 30.6 Å². The average molecular weight is 892 g/mol. The van der Waals surface area contributed by atoms with Crippen molar-refractivity contribution in [2.45, 2.75) is 118 Å². The molecule has 4 rings (SSSR count). The van der Waals surface area contributed by atoms with Gasteiger partial charge in [0, 0.05) is 37.3 Å². The number of amides is 5. The fourth-order valence-corrected chi connectivity index (χ4v) is 6.22. The van der Waals surface area contributed by atoms with E-state index < -0.39 is 58.5 Å². The normalized spacial score (nSPS) is 15.3. The minimum Gasteiger partial charge on any atom is -0.495 e. The molecule has 348 valence electrons. The number of carbonyl (C=O) groups excluding carboxylic acids is 5. The highest BCUT2D eigenvalue weighted by molar-refractivity contribution is 6.05. The third-order valence-electron chi connectivity index (χ3n) is 8.82. The number of nitrogens with zero attached hydrogens (tertiary/aromatic N) is 4. The number of nitrogens with one attached hydrogen (secondary N) is 3. The quantitative estimate of drug-likeness (QED) is 0.147. The molecule has 0 bridgehead atoms. The lowest BCUT2D eigenvalue weighted by Gasteiger charge is -2.30. The molecule has 2 heterocycles. The second-order valence-corrected chi connectivity index (χ2v) is 19.0. The van der Waals surface area contributed by atoms with Crippen LogP contribution in [-0.2, 0) is 18.9 Å². The van der Waals surface area contributed by atoms with Crippen LogP contribution in [-0.4, -0.2) is 108 Å². The first-order chi connectivity index (χ1) is 29.6. The van der Waals surface area contributed by atoms with E-state index in [1.54, 1.807) is 111 Å². The van der Waals surface area contributed by atoms with Crippen molar-refractivity contribution in [3.05, 3.63) is 71.1 Å². The van der Waals surface area contributed by atoms with Crippen LogP contribution in [0.25, 0.3) is 11.1 Å². The maximum atomic E-state index is 15.7. The van der Waals surface area contributed by atoms with Crippen molar-refractivity contribution in [1.29, 1.82) is 0 Å². The van der Waals surface area contributed by atoms with E-state index >= 15 is 4.39 Å². The van der Waals surface area contributed by atoms with Gasteiger partial charge in [0.2, 0.25) is 11.9 Å². The van der Waals surface area contributed by atoms with Gasteiger partial charge in [-0.15, -0.1) is 9.98 Å². The minimum atomic E-state index is -0.897. The highest BCUT2D eigenvalue weighted by atomic mass is 19.1. The molecule has 18 heteroatoms. The maximum absolute atomic E-state index is 15.7. The van der Waals surface area contributed by atoms with Gasteiger partial charge >= 0.3 is 24.4 Å². The summed E-state index contributed by atoms with van der Waals surface area (Å²) in [6, 6.07) is 9.52. The van der Waals surface area contributed by atoms with Gasteiger partial charge in [-0.25, -0.2) is 23.6 Å². The molecule has 0 aromatic heterocycles. The summed E-state index contributed by atoms with van der Waals surface area (Å²) in [4.78, 5) is 75.3. The molecule has 0 radical (unpaired) electrons. The molecule has 0 atom stereocenters. The number of ether oxygens (including phenoxy) is 5. The monoisotopic (exact) mass is 891 g/mol. The van der Waals surface area contributed by atoms with Gasteiger partial charge in [0.1, 0.15) is 34.0 Å². The van der Waals surface area contributed by atoms with Gasteiger partial charge in [0.15, 0.2) is 0 Å². The molecule has 0 saturated heterocycles. The lowest BCUT2D eigenvalue weighted by molar-refractivity contribution is 0.0536. The van der Waals surface area contributed by atoms with Gasteiger partial charge in [-0.2, -0.15) is 0 Å². The van der Waals surface area contributed by atoms with Crippen LogP contribution in [0.5, 0.6) is 5.75 Å². The first kappa shape index (κ1) is 50.2. The molecule has 0 saturated carbocycles. The van der Waals surface area contributed by atoms with Crippen LogP contribution in [0.15, 0.2) is 58.5 Å². The summed E-state index contributed by atoms with van der Waals surface area (Å²) >= 11 is 0. The van der Waals surface area contributed by atoms with Crippen LogP contribution in [0.1, 0.15) is 117 Å². The molecule has 0 spiro atoms. The Balaban J connectivity index is 1.46. The number of guanidine groups is 2. The fourth-order valence-electron chi connectivity index (χ4n) is 6.22. The molecule has 2 aliphatic heterocycles. The Morgan fingerprint density at radius 2 is 1.09 bits per heavy atom. The molecular formula is C46H62FN7O10. The smallest absolute Gasteiger partial charge is 0.437 e. The SMILES string of the molecule is COc1cc(C2=CCN(C(=NC(=O)OC(C)(C)C)NC(=O)OC(C)(C)C)CC2)ccc1NC(=O)c1ccc(C2=CCN(C(=NC(=O)OC(C)(C)C)NC(=O)OC(C)(C)C)CC2)c(F)c1. The number of methoxy groups -OCH3 is 1. The van der Waals surface area contributed by atoms with Gasteiger partial charge in [-0.1, -0.05) is 24.3 Å². The van der Waals surface area contributed by atoms with Gasteiger partial charge in [0.25, 0.3) is 5.91 Å². The van der Waals surface area contributed by atoms with Crippen molar-refractivity contribution >= 4 is 59.0 Å². The van der Waals surface area contributed by atoms with Crippen molar-refractivity contribution in [3.63, 3.8) is 0 Å². The molecule has 5 amide bonds. The van der Waals surface area contributed by atoms with Crippen LogP contribution < -0.4 is 20.7 Å². The number of anilines is 1. The molecule has 3 N–H and O–H groups in total. The lowest BCUT2D eigenvalue weighted by atomic mass is 9.97. The first-order valence-corrected chi connectivity index (χ1v) is 20.9. The summed E-state index contributed by atoms with van der Waals surface area (Å²) in [6.45, 7) is 21.6. The Morgan fingerprint density at radius 3 is 1.50 bits per heavy atom. The molecular weight excluding hydrogens is 830 g/mol. The Hall–Kier alpha value is -6.46. The highest BCUT2D eigenvalue weighted by Gasteiger charge is 2.28. The van der Waals surface area contributed by atoms with E-state index in [0.717, 1.165) is 17.2 Å². The standard InChI is InChI=1S/C46H62FN7O10/c1-43(2,3)61-39(56)49-37(50-40(57)62-44(4,5)6)53-22-18-28(19-23-53)30-15-17-34(35(27-30)60-13)48-36(55)31-14-16-32(33(47)26-31)29-20-24-54(25-21-29)38(51-41(58)63-45(7,8)9)52-42(59)64-46(10,11)12/h14-18,20,26-27H,19,21-25H2,1-13H3,(H,48,55)(H,49,50,56,57)(H,51,52,58,59). The number of benzene rings is 2. The summed E-state index contributed by atoms with van der Waals surface area (Å²) in [5.41, 5.74) is -0.00841. The molecule has 0 unspecified atom stereocenters.